The SMILES string of the molecule is CC(C)(C)OC(=O)[C@H]1CC[C@@H](CN2C(=O)c3ccccc3C2=O)[C@@H]1C(=O)O. The molecular weight excluding hydrogens is 350 g/mol. The van der Waals surface area contributed by atoms with E-state index in [0.717, 1.165) is 4.90 Å². The molecule has 7 heteroatoms. The number of carbonyl (C=O) groups is 4. The monoisotopic (exact) mass is 373 g/mol. The Balaban J connectivity index is 1.78. The molecule has 3 atom stereocenters. The van der Waals surface area contributed by atoms with Gasteiger partial charge >= 0.3 is 11.9 Å². The molecule has 3 rings (SSSR count). The zero-order valence-electron chi connectivity index (χ0n) is 15.6. The van der Waals surface area contributed by atoms with Gasteiger partial charge in [0.15, 0.2) is 0 Å². The molecule has 0 radical (unpaired) electrons. The van der Waals surface area contributed by atoms with Crippen LogP contribution in [-0.4, -0.2) is 45.9 Å². The zero-order valence-corrected chi connectivity index (χ0v) is 15.6. The van der Waals surface area contributed by atoms with Crippen molar-refractivity contribution in [3.8, 4) is 0 Å². The Kier molecular flexibility index (Phi) is 4.80. The van der Waals surface area contributed by atoms with E-state index in [4.69, 9.17) is 4.74 Å². The van der Waals surface area contributed by atoms with E-state index < -0.39 is 47.1 Å². The summed E-state index contributed by atoms with van der Waals surface area (Å²) in [6.45, 7) is 5.17. The van der Waals surface area contributed by atoms with E-state index in [0.29, 0.717) is 24.0 Å². The van der Waals surface area contributed by atoms with Gasteiger partial charge in [-0.15, -0.1) is 0 Å². The quantitative estimate of drug-likeness (QED) is 0.642. The van der Waals surface area contributed by atoms with Gasteiger partial charge in [-0.3, -0.25) is 24.1 Å². The van der Waals surface area contributed by atoms with Crippen LogP contribution in [0.4, 0.5) is 0 Å². The van der Waals surface area contributed by atoms with Gasteiger partial charge in [-0.25, -0.2) is 0 Å². The highest BCUT2D eigenvalue weighted by Gasteiger charge is 2.48. The van der Waals surface area contributed by atoms with Crippen LogP contribution in [0.1, 0.15) is 54.3 Å². The molecule has 1 saturated carbocycles. The Hall–Kier alpha value is -2.70. The Morgan fingerprint density at radius 2 is 1.67 bits per heavy atom. The molecule has 2 aliphatic rings. The molecule has 1 fully saturated rings. The molecule has 1 aliphatic heterocycles. The molecule has 1 aromatic carbocycles. The largest absolute Gasteiger partial charge is 0.481 e. The van der Waals surface area contributed by atoms with Gasteiger partial charge in [0, 0.05) is 6.54 Å². The van der Waals surface area contributed by atoms with Crippen molar-refractivity contribution < 1.29 is 29.0 Å². The van der Waals surface area contributed by atoms with Crippen molar-refractivity contribution in [2.45, 2.75) is 39.2 Å². The van der Waals surface area contributed by atoms with Crippen LogP contribution in [0, 0.1) is 17.8 Å². The number of carboxylic acid groups (broad SMARTS) is 1. The maximum atomic E-state index is 12.5. The third kappa shape index (κ3) is 3.59. The minimum Gasteiger partial charge on any atom is -0.481 e. The standard InChI is InChI=1S/C20H23NO6/c1-20(2,3)27-19(26)14-9-8-11(15(14)18(24)25)10-21-16(22)12-6-4-5-7-13(12)17(21)23/h4-7,11,14-15H,8-10H2,1-3H3,(H,24,25)/t11-,14-,15-/m0/s1. The van der Waals surface area contributed by atoms with Crippen molar-refractivity contribution in [1.82, 2.24) is 4.90 Å². The maximum Gasteiger partial charge on any atom is 0.310 e. The lowest BCUT2D eigenvalue weighted by Gasteiger charge is -2.26. The van der Waals surface area contributed by atoms with E-state index in [-0.39, 0.29) is 6.54 Å². The first-order chi connectivity index (χ1) is 12.6. The molecule has 2 amide bonds. The second-order valence-electron chi connectivity index (χ2n) is 8.11. The predicted octanol–water partition coefficient (Wildman–Crippen LogP) is 2.35. The van der Waals surface area contributed by atoms with E-state index in [1.807, 2.05) is 0 Å². The summed E-state index contributed by atoms with van der Waals surface area (Å²) in [7, 11) is 0. The van der Waals surface area contributed by atoms with Crippen LogP contribution in [0.2, 0.25) is 0 Å². The summed E-state index contributed by atoms with van der Waals surface area (Å²) in [4.78, 5) is 50.5. The number of carbonyl (C=O) groups excluding carboxylic acids is 3. The summed E-state index contributed by atoms with van der Waals surface area (Å²) in [5.74, 6) is -4.72. The number of nitrogens with zero attached hydrogens (tertiary/aromatic N) is 1. The first kappa shape index (κ1) is 19.1. The number of hydrogen-bond donors (Lipinski definition) is 1. The molecule has 0 spiro atoms. The fraction of sp³-hybridized carbons (Fsp3) is 0.500. The number of esters is 1. The van der Waals surface area contributed by atoms with Crippen molar-refractivity contribution in [2.75, 3.05) is 6.54 Å². The summed E-state index contributed by atoms with van der Waals surface area (Å²) in [5, 5.41) is 9.68. The first-order valence-corrected chi connectivity index (χ1v) is 9.01. The minimum atomic E-state index is -1.11. The van der Waals surface area contributed by atoms with E-state index in [2.05, 4.69) is 0 Å². The smallest absolute Gasteiger partial charge is 0.310 e. The Morgan fingerprint density at radius 3 is 2.15 bits per heavy atom. The van der Waals surface area contributed by atoms with Gasteiger partial charge in [0.2, 0.25) is 0 Å². The fourth-order valence-electron chi connectivity index (χ4n) is 3.94. The van der Waals surface area contributed by atoms with Crippen molar-refractivity contribution >= 4 is 23.8 Å². The summed E-state index contributed by atoms with van der Waals surface area (Å²) < 4.78 is 5.36. The average molecular weight is 373 g/mol. The van der Waals surface area contributed by atoms with Crippen molar-refractivity contribution in [2.24, 2.45) is 17.8 Å². The van der Waals surface area contributed by atoms with Crippen molar-refractivity contribution in [3.63, 3.8) is 0 Å². The highest BCUT2D eigenvalue weighted by molar-refractivity contribution is 6.21. The van der Waals surface area contributed by atoms with Gasteiger partial charge < -0.3 is 9.84 Å². The van der Waals surface area contributed by atoms with Crippen LogP contribution in [0.15, 0.2) is 24.3 Å². The lowest BCUT2D eigenvalue weighted by atomic mass is 9.89. The van der Waals surface area contributed by atoms with E-state index in [1.165, 1.54) is 0 Å². The molecule has 27 heavy (non-hydrogen) atoms. The van der Waals surface area contributed by atoms with Crippen LogP contribution >= 0.6 is 0 Å². The third-order valence-corrected chi connectivity index (χ3v) is 5.08. The van der Waals surface area contributed by atoms with Gasteiger partial charge in [-0.05, 0) is 51.7 Å². The number of hydrogen-bond acceptors (Lipinski definition) is 5. The molecular formula is C20H23NO6. The van der Waals surface area contributed by atoms with Crippen LogP contribution in [-0.2, 0) is 14.3 Å². The number of rotatable bonds is 4. The number of aliphatic carboxylic acids is 1. The predicted molar refractivity (Wildman–Crippen MR) is 95.0 cm³/mol. The second-order valence-corrected chi connectivity index (χ2v) is 8.11. The van der Waals surface area contributed by atoms with Gasteiger partial charge in [0.05, 0.1) is 23.0 Å². The summed E-state index contributed by atoms with van der Waals surface area (Å²) in [5.41, 5.74) is -0.0482. The highest BCUT2D eigenvalue weighted by atomic mass is 16.6. The summed E-state index contributed by atoms with van der Waals surface area (Å²) in [6.07, 6.45) is 0.800. The molecule has 7 nitrogen and oxygen atoms in total. The number of carboxylic acids is 1. The van der Waals surface area contributed by atoms with Crippen LogP contribution < -0.4 is 0 Å². The molecule has 0 aromatic heterocycles. The van der Waals surface area contributed by atoms with Crippen LogP contribution in [0.5, 0.6) is 0 Å². The Bertz CT molecular complexity index is 774. The number of imide groups is 1. The zero-order chi connectivity index (χ0) is 19.9. The molecule has 1 aliphatic carbocycles. The second kappa shape index (κ2) is 6.79. The fourth-order valence-corrected chi connectivity index (χ4v) is 3.94. The van der Waals surface area contributed by atoms with Gasteiger partial charge in [0.1, 0.15) is 5.60 Å². The van der Waals surface area contributed by atoms with Crippen LogP contribution in [0.25, 0.3) is 0 Å². The lowest BCUT2D eigenvalue weighted by Crippen LogP contribution is -2.40. The average Bonchev–Trinajstić information content (AvgIpc) is 3.10. The molecule has 144 valence electrons. The molecule has 0 saturated heterocycles. The van der Waals surface area contributed by atoms with E-state index in [1.54, 1.807) is 45.0 Å². The molecule has 0 unspecified atom stereocenters. The number of benzene rings is 1. The van der Waals surface area contributed by atoms with Gasteiger partial charge in [-0.1, -0.05) is 12.1 Å². The molecule has 1 aromatic rings. The first-order valence-electron chi connectivity index (χ1n) is 9.01. The summed E-state index contributed by atoms with van der Waals surface area (Å²) >= 11 is 0. The van der Waals surface area contributed by atoms with Crippen LogP contribution in [0.3, 0.4) is 0 Å². The normalized spacial score (nSPS) is 24.9. The van der Waals surface area contributed by atoms with Crippen molar-refractivity contribution in [1.29, 1.82) is 0 Å². The summed E-state index contributed by atoms with van der Waals surface area (Å²) in [6, 6.07) is 6.54. The number of amides is 2. The van der Waals surface area contributed by atoms with Crippen molar-refractivity contribution in [3.05, 3.63) is 35.4 Å². The number of ether oxygens (including phenoxy) is 1. The number of fused-ring (bicyclic) bond motifs is 1. The Morgan fingerprint density at radius 1 is 1.11 bits per heavy atom. The molecule has 0 bridgehead atoms. The van der Waals surface area contributed by atoms with E-state index >= 15 is 0 Å². The van der Waals surface area contributed by atoms with Gasteiger partial charge in [-0.2, -0.15) is 0 Å². The topological polar surface area (TPSA) is 101 Å². The molecule has 1 heterocycles. The molecule has 1 N–H and O–H groups in total. The third-order valence-electron chi connectivity index (χ3n) is 5.08. The Labute approximate surface area is 157 Å². The lowest BCUT2D eigenvalue weighted by molar-refractivity contribution is -0.166. The van der Waals surface area contributed by atoms with E-state index in [9.17, 15) is 24.3 Å². The maximum absolute atomic E-state index is 12.5. The minimum absolute atomic E-state index is 0.0113. The van der Waals surface area contributed by atoms with Gasteiger partial charge in [0.25, 0.3) is 11.8 Å². The highest BCUT2D eigenvalue weighted by Crippen LogP contribution is 2.40.